The van der Waals surface area contributed by atoms with Crippen LogP contribution < -0.4 is 5.32 Å². The monoisotopic (exact) mass is 291 g/mol. The Bertz CT molecular complexity index is 383. The maximum atomic E-state index is 5.06. The van der Waals surface area contributed by atoms with E-state index in [2.05, 4.69) is 57.3 Å². The van der Waals surface area contributed by atoms with Gasteiger partial charge < -0.3 is 10.1 Å². The van der Waals surface area contributed by atoms with E-state index in [-0.39, 0.29) is 0 Å². The summed E-state index contributed by atoms with van der Waals surface area (Å²) in [5.41, 5.74) is 3.23. The molecule has 1 unspecified atom stereocenters. The summed E-state index contributed by atoms with van der Waals surface area (Å²) in [4.78, 5) is 0. The molecule has 120 valence electrons. The zero-order chi connectivity index (χ0) is 15.7. The molecule has 1 aromatic carbocycles. The van der Waals surface area contributed by atoms with Crippen molar-refractivity contribution in [3.05, 3.63) is 35.4 Å². The van der Waals surface area contributed by atoms with Gasteiger partial charge in [-0.05, 0) is 41.7 Å². The number of ether oxygens (including phenoxy) is 1. The van der Waals surface area contributed by atoms with Crippen LogP contribution >= 0.6 is 0 Å². The standard InChI is InChI=1S/C19H33NO/c1-6-16(2)18-9-7-17(8-10-18)11-12-19(3,4)15-20-13-14-21-5/h7-10,16,20H,6,11-15H2,1-5H3. The van der Waals surface area contributed by atoms with Crippen molar-refractivity contribution >= 4 is 0 Å². The lowest BCUT2D eigenvalue weighted by Gasteiger charge is -2.25. The van der Waals surface area contributed by atoms with Gasteiger partial charge in [-0.1, -0.05) is 52.0 Å². The van der Waals surface area contributed by atoms with E-state index in [1.807, 2.05) is 0 Å². The van der Waals surface area contributed by atoms with Gasteiger partial charge in [-0.25, -0.2) is 0 Å². The number of hydrogen-bond donors (Lipinski definition) is 1. The molecule has 0 heterocycles. The van der Waals surface area contributed by atoms with Crippen molar-refractivity contribution in [1.29, 1.82) is 0 Å². The zero-order valence-corrected chi connectivity index (χ0v) is 14.5. The Kier molecular flexibility index (Phi) is 7.98. The van der Waals surface area contributed by atoms with E-state index in [0.717, 1.165) is 26.1 Å². The molecular weight excluding hydrogens is 258 g/mol. The van der Waals surface area contributed by atoms with E-state index in [4.69, 9.17) is 4.74 Å². The minimum Gasteiger partial charge on any atom is -0.383 e. The van der Waals surface area contributed by atoms with Crippen molar-refractivity contribution in [2.24, 2.45) is 5.41 Å². The summed E-state index contributed by atoms with van der Waals surface area (Å²) in [6.07, 6.45) is 3.56. The van der Waals surface area contributed by atoms with Gasteiger partial charge in [-0.15, -0.1) is 0 Å². The van der Waals surface area contributed by atoms with Crippen LogP contribution in [0.3, 0.4) is 0 Å². The quantitative estimate of drug-likeness (QED) is 0.645. The molecule has 0 aromatic heterocycles. The van der Waals surface area contributed by atoms with Crippen LogP contribution in [-0.4, -0.2) is 26.8 Å². The third-order valence-electron chi connectivity index (χ3n) is 4.34. The third-order valence-corrected chi connectivity index (χ3v) is 4.34. The number of rotatable bonds is 10. The van der Waals surface area contributed by atoms with Gasteiger partial charge in [-0.3, -0.25) is 0 Å². The molecule has 0 aliphatic heterocycles. The van der Waals surface area contributed by atoms with Crippen LogP contribution in [-0.2, 0) is 11.2 Å². The fourth-order valence-corrected chi connectivity index (χ4v) is 2.42. The van der Waals surface area contributed by atoms with Crippen molar-refractivity contribution < 1.29 is 4.74 Å². The summed E-state index contributed by atoms with van der Waals surface area (Å²) >= 11 is 0. The number of hydrogen-bond acceptors (Lipinski definition) is 2. The lowest BCUT2D eigenvalue weighted by atomic mass is 9.86. The second-order valence-corrected chi connectivity index (χ2v) is 6.88. The summed E-state index contributed by atoms with van der Waals surface area (Å²) in [5.74, 6) is 0.667. The van der Waals surface area contributed by atoms with Gasteiger partial charge in [0, 0.05) is 20.2 Å². The number of methoxy groups -OCH3 is 1. The lowest BCUT2D eigenvalue weighted by Crippen LogP contribution is -2.31. The fraction of sp³-hybridized carbons (Fsp3) is 0.684. The fourth-order valence-electron chi connectivity index (χ4n) is 2.42. The van der Waals surface area contributed by atoms with Gasteiger partial charge in [-0.2, -0.15) is 0 Å². The summed E-state index contributed by atoms with van der Waals surface area (Å²) < 4.78 is 5.06. The predicted molar refractivity (Wildman–Crippen MR) is 92.0 cm³/mol. The van der Waals surface area contributed by atoms with Crippen LogP contribution in [0.15, 0.2) is 24.3 Å². The van der Waals surface area contributed by atoms with Gasteiger partial charge in [0.15, 0.2) is 0 Å². The maximum absolute atomic E-state index is 5.06. The average molecular weight is 291 g/mol. The first-order valence-electron chi connectivity index (χ1n) is 8.27. The number of aryl methyl sites for hydroxylation is 1. The number of benzene rings is 1. The van der Waals surface area contributed by atoms with Gasteiger partial charge in [0.05, 0.1) is 6.61 Å². The largest absolute Gasteiger partial charge is 0.383 e. The van der Waals surface area contributed by atoms with Crippen LogP contribution in [0.1, 0.15) is 57.6 Å². The van der Waals surface area contributed by atoms with E-state index < -0.39 is 0 Å². The Labute approximate surface area is 131 Å². The van der Waals surface area contributed by atoms with E-state index in [1.54, 1.807) is 7.11 Å². The molecule has 0 spiro atoms. The van der Waals surface area contributed by atoms with Crippen LogP contribution in [0.25, 0.3) is 0 Å². The Balaban J connectivity index is 2.39. The van der Waals surface area contributed by atoms with E-state index >= 15 is 0 Å². The minimum atomic E-state index is 0.323. The van der Waals surface area contributed by atoms with Crippen molar-refractivity contribution in [3.8, 4) is 0 Å². The average Bonchev–Trinajstić information content (AvgIpc) is 2.49. The van der Waals surface area contributed by atoms with Gasteiger partial charge in [0.2, 0.25) is 0 Å². The highest BCUT2D eigenvalue weighted by atomic mass is 16.5. The zero-order valence-electron chi connectivity index (χ0n) is 14.5. The van der Waals surface area contributed by atoms with Crippen molar-refractivity contribution in [2.75, 3.05) is 26.8 Å². The molecule has 0 fully saturated rings. The van der Waals surface area contributed by atoms with Gasteiger partial charge >= 0.3 is 0 Å². The third kappa shape index (κ3) is 7.10. The van der Waals surface area contributed by atoms with Crippen molar-refractivity contribution in [2.45, 2.75) is 52.9 Å². The molecule has 0 saturated carbocycles. The van der Waals surface area contributed by atoms with Crippen molar-refractivity contribution in [3.63, 3.8) is 0 Å². The molecule has 1 rings (SSSR count). The van der Waals surface area contributed by atoms with Crippen molar-refractivity contribution in [1.82, 2.24) is 5.32 Å². The molecule has 0 saturated heterocycles. The number of nitrogens with one attached hydrogen (secondary N) is 1. The first-order chi connectivity index (χ1) is 9.98. The molecule has 21 heavy (non-hydrogen) atoms. The summed E-state index contributed by atoms with van der Waals surface area (Å²) in [6, 6.07) is 9.20. The molecule has 1 atom stereocenters. The molecule has 2 heteroatoms. The predicted octanol–water partition coefficient (Wildman–Crippen LogP) is 4.39. The van der Waals surface area contributed by atoms with Gasteiger partial charge in [0.1, 0.15) is 0 Å². The minimum absolute atomic E-state index is 0.323. The molecule has 0 radical (unpaired) electrons. The second kappa shape index (κ2) is 9.22. The van der Waals surface area contributed by atoms with E-state index in [9.17, 15) is 0 Å². The molecule has 2 nitrogen and oxygen atoms in total. The van der Waals surface area contributed by atoms with Crippen LogP contribution in [0, 0.1) is 5.41 Å². The molecule has 1 aromatic rings. The molecule has 0 aliphatic rings. The molecule has 0 aliphatic carbocycles. The Morgan fingerprint density at radius 3 is 2.43 bits per heavy atom. The molecule has 0 amide bonds. The summed E-state index contributed by atoms with van der Waals surface area (Å²) in [5, 5.41) is 3.47. The highest BCUT2D eigenvalue weighted by molar-refractivity contribution is 5.25. The van der Waals surface area contributed by atoms with E-state index in [0.29, 0.717) is 11.3 Å². The normalized spacial score (nSPS) is 13.4. The Hall–Kier alpha value is -0.860. The highest BCUT2D eigenvalue weighted by Crippen LogP contribution is 2.23. The Morgan fingerprint density at radius 1 is 1.19 bits per heavy atom. The first-order valence-corrected chi connectivity index (χ1v) is 8.27. The smallest absolute Gasteiger partial charge is 0.0587 e. The summed E-state index contributed by atoms with van der Waals surface area (Å²) in [7, 11) is 1.75. The second-order valence-electron chi connectivity index (χ2n) is 6.88. The highest BCUT2D eigenvalue weighted by Gasteiger charge is 2.17. The van der Waals surface area contributed by atoms with E-state index in [1.165, 1.54) is 24.0 Å². The van der Waals surface area contributed by atoms with Crippen LogP contribution in [0.2, 0.25) is 0 Å². The molecule has 0 bridgehead atoms. The van der Waals surface area contributed by atoms with Gasteiger partial charge in [0.25, 0.3) is 0 Å². The molecule has 1 N–H and O–H groups in total. The van der Waals surface area contributed by atoms with Crippen LogP contribution in [0.5, 0.6) is 0 Å². The topological polar surface area (TPSA) is 21.3 Å². The SMILES string of the molecule is CCC(C)c1ccc(CCC(C)(C)CNCCOC)cc1. The first kappa shape index (κ1) is 18.2. The maximum Gasteiger partial charge on any atom is 0.0587 e. The van der Waals surface area contributed by atoms with Crippen LogP contribution in [0.4, 0.5) is 0 Å². The molecular formula is C19H33NO. The Morgan fingerprint density at radius 2 is 1.86 bits per heavy atom. The summed E-state index contributed by atoms with van der Waals surface area (Å²) in [6.45, 7) is 12.0. The lowest BCUT2D eigenvalue weighted by molar-refractivity contribution is 0.193.